The molecule has 0 saturated heterocycles. The summed E-state index contributed by atoms with van der Waals surface area (Å²) in [5.74, 6) is 1.73. The number of nitrogens with one attached hydrogen (secondary N) is 1. The number of aromatic nitrogens is 1. The summed E-state index contributed by atoms with van der Waals surface area (Å²) in [4.78, 5) is 7.38. The molecule has 0 aliphatic heterocycles. The summed E-state index contributed by atoms with van der Waals surface area (Å²) < 4.78 is 0. The molecule has 0 bridgehead atoms. The molecule has 0 amide bonds. The Labute approximate surface area is 131 Å². The Hall–Kier alpha value is -1.09. The normalized spacial score (nSPS) is 12.3. The maximum atomic E-state index is 4.96. The van der Waals surface area contributed by atoms with Crippen molar-refractivity contribution >= 4 is 5.82 Å². The lowest BCUT2D eigenvalue weighted by Crippen LogP contribution is -2.35. The molecule has 0 saturated carbocycles. The van der Waals surface area contributed by atoms with Crippen LogP contribution in [-0.2, 0) is 12.0 Å². The maximum absolute atomic E-state index is 4.96. The predicted molar refractivity (Wildman–Crippen MR) is 93.0 cm³/mol. The molecule has 0 aliphatic carbocycles. The predicted octanol–water partition coefficient (Wildman–Crippen LogP) is 3.97. The lowest BCUT2D eigenvalue weighted by Gasteiger charge is -2.31. The van der Waals surface area contributed by atoms with E-state index in [1.807, 2.05) is 7.05 Å². The molecule has 0 unspecified atom stereocenters. The highest BCUT2D eigenvalue weighted by Crippen LogP contribution is 2.26. The number of rotatable bonds is 6. The Bertz CT molecular complexity index is 444. The lowest BCUT2D eigenvalue weighted by molar-refractivity contribution is 0.547. The average molecular weight is 291 g/mol. The largest absolute Gasteiger partial charge is 0.354 e. The second-order valence-corrected chi connectivity index (χ2v) is 7.64. The molecule has 120 valence electrons. The number of hydrogen-bond donors (Lipinski definition) is 1. The van der Waals surface area contributed by atoms with E-state index in [0.29, 0.717) is 12.0 Å². The Morgan fingerprint density at radius 1 is 1.14 bits per heavy atom. The number of nitrogens with zero attached hydrogens (tertiary/aromatic N) is 2. The minimum atomic E-state index is 0.0684. The first-order valence-electron chi connectivity index (χ1n) is 8.07. The Morgan fingerprint density at radius 2 is 1.76 bits per heavy atom. The van der Waals surface area contributed by atoms with Gasteiger partial charge in [-0.1, -0.05) is 34.6 Å². The molecule has 1 heterocycles. The van der Waals surface area contributed by atoms with E-state index in [2.05, 4.69) is 70.8 Å². The van der Waals surface area contributed by atoms with Crippen molar-refractivity contribution in [3.63, 3.8) is 0 Å². The van der Waals surface area contributed by atoms with Crippen LogP contribution in [0, 0.1) is 5.92 Å². The van der Waals surface area contributed by atoms with Gasteiger partial charge in [-0.2, -0.15) is 0 Å². The van der Waals surface area contributed by atoms with Crippen molar-refractivity contribution in [3.8, 4) is 0 Å². The van der Waals surface area contributed by atoms with Crippen LogP contribution >= 0.6 is 0 Å². The van der Waals surface area contributed by atoms with Gasteiger partial charge in [-0.3, -0.25) is 0 Å². The molecule has 0 radical (unpaired) electrons. The molecule has 0 spiro atoms. The van der Waals surface area contributed by atoms with E-state index >= 15 is 0 Å². The molecule has 3 nitrogen and oxygen atoms in total. The van der Waals surface area contributed by atoms with Gasteiger partial charge in [0, 0.05) is 30.2 Å². The van der Waals surface area contributed by atoms with Gasteiger partial charge >= 0.3 is 0 Å². The van der Waals surface area contributed by atoms with Crippen LogP contribution in [0.3, 0.4) is 0 Å². The summed E-state index contributed by atoms with van der Waals surface area (Å²) in [7, 11) is 1.99. The summed E-state index contributed by atoms with van der Waals surface area (Å²) in [6.45, 7) is 17.6. The Kier molecular flexibility index (Phi) is 6.21. The average Bonchev–Trinajstić information content (AvgIpc) is 2.34. The first kappa shape index (κ1) is 18.0. The lowest BCUT2D eigenvalue weighted by atomic mass is 9.90. The van der Waals surface area contributed by atoms with E-state index in [1.165, 1.54) is 11.3 Å². The van der Waals surface area contributed by atoms with Crippen LogP contribution in [0.15, 0.2) is 12.1 Å². The zero-order valence-electron chi connectivity index (χ0n) is 15.1. The molecule has 0 atom stereocenters. The highest BCUT2D eigenvalue weighted by atomic mass is 15.2. The molecule has 0 aromatic carbocycles. The van der Waals surface area contributed by atoms with Gasteiger partial charge in [-0.15, -0.1) is 0 Å². The minimum absolute atomic E-state index is 0.0684. The maximum Gasteiger partial charge on any atom is 0.129 e. The van der Waals surface area contributed by atoms with E-state index in [4.69, 9.17) is 4.98 Å². The van der Waals surface area contributed by atoms with Gasteiger partial charge in [0.15, 0.2) is 0 Å². The van der Waals surface area contributed by atoms with E-state index in [0.717, 1.165) is 18.9 Å². The summed E-state index contributed by atoms with van der Waals surface area (Å²) in [5, 5.41) is 3.25. The van der Waals surface area contributed by atoms with Gasteiger partial charge in [-0.05, 0) is 44.5 Å². The monoisotopic (exact) mass is 291 g/mol. The SMILES string of the molecule is CNCc1cc(N(CC(C)C)C(C)C)nc(C(C)(C)C)c1. The van der Waals surface area contributed by atoms with Crippen molar-refractivity contribution in [1.82, 2.24) is 10.3 Å². The van der Waals surface area contributed by atoms with Crippen molar-refractivity contribution in [2.75, 3.05) is 18.5 Å². The number of hydrogen-bond acceptors (Lipinski definition) is 3. The Morgan fingerprint density at radius 3 is 2.19 bits per heavy atom. The van der Waals surface area contributed by atoms with Gasteiger partial charge in [0.2, 0.25) is 0 Å². The van der Waals surface area contributed by atoms with Crippen LogP contribution in [0.2, 0.25) is 0 Å². The third-order valence-corrected chi connectivity index (χ3v) is 3.50. The molecule has 0 fully saturated rings. The van der Waals surface area contributed by atoms with Gasteiger partial charge in [-0.25, -0.2) is 4.98 Å². The third kappa shape index (κ3) is 5.31. The van der Waals surface area contributed by atoms with Gasteiger partial charge in [0.25, 0.3) is 0 Å². The molecule has 1 aromatic heterocycles. The summed E-state index contributed by atoms with van der Waals surface area (Å²) in [5.41, 5.74) is 2.54. The zero-order valence-corrected chi connectivity index (χ0v) is 15.1. The van der Waals surface area contributed by atoms with Crippen molar-refractivity contribution in [3.05, 3.63) is 23.4 Å². The highest BCUT2D eigenvalue weighted by molar-refractivity contribution is 5.45. The fraction of sp³-hybridized carbons (Fsp3) is 0.722. The smallest absolute Gasteiger partial charge is 0.129 e. The van der Waals surface area contributed by atoms with Crippen LogP contribution in [0.5, 0.6) is 0 Å². The molecule has 1 aromatic rings. The first-order valence-corrected chi connectivity index (χ1v) is 8.07. The van der Waals surface area contributed by atoms with Crippen LogP contribution in [0.1, 0.15) is 59.7 Å². The molecule has 21 heavy (non-hydrogen) atoms. The zero-order chi connectivity index (χ0) is 16.2. The quantitative estimate of drug-likeness (QED) is 0.859. The Balaban J connectivity index is 3.28. The number of pyridine rings is 1. The summed E-state index contributed by atoms with van der Waals surface area (Å²) >= 11 is 0. The van der Waals surface area contributed by atoms with Crippen LogP contribution in [0.4, 0.5) is 5.82 Å². The van der Waals surface area contributed by atoms with Crippen molar-refractivity contribution in [2.24, 2.45) is 5.92 Å². The standard InChI is InChI=1S/C18H33N3/c1-13(2)12-21(14(3)4)17-10-15(11-19-8)9-16(20-17)18(5,6)7/h9-10,13-14,19H,11-12H2,1-8H3. The molecule has 1 N–H and O–H groups in total. The van der Waals surface area contributed by atoms with Crippen molar-refractivity contribution < 1.29 is 0 Å². The molecule has 1 rings (SSSR count). The topological polar surface area (TPSA) is 28.2 Å². The fourth-order valence-electron chi connectivity index (χ4n) is 2.37. The third-order valence-electron chi connectivity index (χ3n) is 3.50. The molecular formula is C18H33N3. The van der Waals surface area contributed by atoms with Gasteiger partial charge < -0.3 is 10.2 Å². The molecule has 3 heteroatoms. The van der Waals surface area contributed by atoms with E-state index < -0.39 is 0 Å². The fourth-order valence-corrected chi connectivity index (χ4v) is 2.37. The summed E-state index contributed by atoms with van der Waals surface area (Å²) in [6, 6.07) is 4.92. The van der Waals surface area contributed by atoms with Crippen LogP contribution < -0.4 is 10.2 Å². The second-order valence-electron chi connectivity index (χ2n) is 7.64. The van der Waals surface area contributed by atoms with Gasteiger partial charge in [0.05, 0.1) is 0 Å². The summed E-state index contributed by atoms with van der Waals surface area (Å²) in [6.07, 6.45) is 0. The van der Waals surface area contributed by atoms with E-state index in [1.54, 1.807) is 0 Å². The molecular weight excluding hydrogens is 258 g/mol. The highest BCUT2D eigenvalue weighted by Gasteiger charge is 2.20. The number of anilines is 1. The van der Waals surface area contributed by atoms with Gasteiger partial charge in [0.1, 0.15) is 5.82 Å². The minimum Gasteiger partial charge on any atom is -0.354 e. The second kappa shape index (κ2) is 7.26. The van der Waals surface area contributed by atoms with Crippen LogP contribution in [0.25, 0.3) is 0 Å². The molecule has 0 aliphatic rings. The van der Waals surface area contributed by atoms with Crippen LogP contribution in [-0.4, -0.2) is 24.6 Å². The first-order chi connectivity index (χ1) is 9.65. The van der Waals surface area contributed by atoms with E-state index in [9.17, 15) is 0 Å². The van der Waals surface area contributed by atoms with E-state index in [-0.39, 0.29) is 5.41 Å². The van der Waals surface area contributed by atoms with Crippen molar-refractivity contribution in [2.45, 2.75) is 66.5 Å². The van der Waals surface area contributed by atoms with Crippen molar-refractivity contribution in [1.29, 1.82) is 0 Å².